The SMILES string of the molecule is CCSNc1ccc(Oc2ccc(F)cc2F)c(-c2ccc3nnc(C)n3c2)c1. The van der Waals surface area contributed by atoms with E-state index in [1.165, 1.54) is 12.1 Å². The zero-order chi connectivity index (χ0) is 20.4. The third kappa shape index (κ3) is 4.02. The number of nitrogens with zero attached hydrogens (tertiary/aromatic N) is 3. The monoisotopic (exact) mass is 412 g/mol. The Balaban J connectivity index is 1.80. The molecular formula is C21H18F2N4OS. The maximum atomic E-state index is 14.1. The maximum absolute atomic E-state index is 14.1. The molecule has 0 saturated carbocycles. The van der Waals surface area contributed by atoms with Crippen LogP contribution in [0.25, 0.3) is 16.8 Å². The van der Waals surface area contributed by atoms with E-state index >= 15 is 0 Å². The van der Waals surface area contributed by atoms with Crippen molar-refractivity contribution < 1.29 is 13.5 Å². The lowest BCUT2D eigenvalue weighted by Crippen LogP contribution is -1.96. The van der Waals surface area contributed by atoms with E-state index < -0.39 is 11.6 Å². The number of aromatic nitrogens is 3. The quantitative estimate of drug-likeness (QED) is 0.402. The van der Waals surface area contributed by atoms with Crippen LogP contribution in [0.5, 0.6) is 11.5 Å². The Morgan fingerprint density at radius 2 is 1.86 bits per heavy atom. The first-order valence-electron chi connectivity index (χ1n) is 9.01. The second kappa shape index (κ2) is 8.08. The fraction of sp³-hybridized carbons (Fsp3) is 0.143. The topological polar surface area (TPSA) is 51.5 Å². The van der Waals surface area contributed by atoms with Crippen LogP contribution in [-0.2, 0) is 0 Å². The van der Waals surface area contributed by atoms with Gasteiger partial charge in [0, 0.05) is 34.8 Å². The molecule has 5 nitrogen and oxygen atoms in total. The Kier molecular flexibility index (Phi) is 5.35. The molecule has 0 spiro atoms. The van der Waals surface area contributed by atoms with Crippen LogP contribution in [0, 0.1) is 18.6 Å². The van der Waals surface area contributed by atoms with E-state index in [0.29, 0.717) is 5.75 Å². The lowest BCUT2D eigenvalue weighted by atomic mass is 10.1. The Hall–Kier alpha value is -3.13. The molecule has 148 valence electrons. The number of anilines is 1. The summed E-state index contributed by atoms with van der Waals surface area (Å²) in [5.41, 5.74) is 3.22. The van der Waals surface area contributed by atoms with Crippen molar-refractivity contribution in [3.8, 4) is 22.6 Å². The van der Waals surface area contributed by atoms with Gasteiger partial charge >= 0.3 is 0 Å². The Labute approximate surface area is 170 Å². The minimum Gasteiger partial charge on any atom is -0.454 e. The van der Waals surface area contributed by atoms with Gasteiger partial charge in [0.25, 0.3) is 0 Å². The number of nitrogens with one attached hydrogen (secondary N) is 1. The predicted octanol–water partition coefficient (Wildman–Crippen LogP) is 5.86. The Morgan fingerprint density at radius 1 is 1.03 bits per heavy atom. The first-order valence-corrected chi connectivity index (χ1v) is 10.00. The molecular weight excluding hydrogens is 394 g/mol. The number of fused-ring (bicyclic) bond motifs is 1. The summed E-state index contributed by atoms with van der Waals surface area (Å²) in [7, 11) is 0. The van der Waals surface area contributed by atoms with Crippen LogP contribution in [0.1, 0.15) is 12.7 Å². The highest BCUT2D eigenvalue weighted by atomic mass is 32.2. The van der Waals surface area contributed by atoms with Crippen molar-refractivity contribution in [1.29, 1.82) is 0 Å². The molecule has 0 atom stereocenters. The molecule has 2 heterocycles. The molecule has 8 heteroatoms. The molecule has 0 unspecified atom stereocenters. The van der Waals surface area contributed by atoms with Crippen LogP contribution in [-0.4, -0.2) is 20.4 Å². The number of aryl methyl sites for hydroxylation is 1. The van der Waals surface area contributed by atoms with Crippen molar-refractivity contribution in [3.63, 3.8) is 0 Å². The van der Waals surface area contributed by atoms with Crippen molar-refractivity contribution in [2.24, 2.45) is 0 Å². The van der Waals surface area contributed by atoms with Crippen molar-refractivity contribution in [3.05, 3.63) is 72.2 Å². The van der Waals surface area contributed by atoms with Gasteiger partial charge < -0.3 is 9.46 Å². The molecule has 4 rings (SSSR count). The fourth-order valence-corrected chi connectivity index (χ4v) is 3.34. The summed E-state index contributed by atoms with van der Waals surface area (Å²) in [5.74, 6) is 0.653. The Morgan fingerprint density at radius 3 is 2.66 bits per heavy atom. The molecule has 29 heavy (non-hydrogen) atoms. The minimum absolute atomic E-state index is 0.0437. The first kappa shape index (κ1) is 19.2. The normalized spacial score (nSPS) is 11.0. The van der Waals surface area contributed by atoms with E-state index in [9.17, 15) is 8.78 Å². The molecule has 0 fully saturated rings. The van der Waals surface area contributed by atoms with Crippen molar-refractivity contribution in [2.75, 3.05) is 10.5 Å². The third-order valence-corrected chi connectivity index (χ3v) is 4.98. The van der Waals surface area contributed by atoms with Gasteiger partial charge in [-0.05, 0) is 49.4 Å². The van der Waals surface area contributed by atoms with E-state index in [-0.39, 0.29) is 5.75 Å². The molecule has 2 aromatic carbocycles. The average Bonchev–Trinajstić information content (AvgIpc) is 3.09. The van der Waals surface area contributed by atoms with Crippen LogP contribution in [0.2, 0.25) is 0 Å². The van der Waals surface area contributed by atoms with Gasteiger partial charge in [-0.25, -0.2) is 8.78 Å². The zero-order valence-corrected chi connectivity index (χ0v) is 16.6. The van der Waals surface area contributed by atoms with Gasteiger partial charge in [0.05, 0.1) is 0 Å². The second-order valence-electron chi connectivity index (χ2n) is 6.32. The second-order valence-corrected chi connectivity index (χ2v) is 7.39. The van der Waals surface area contributed by atoms with Crippen LogP contribution in [0.15, 0.2) is 54.7 Å². The summed E-state index contributed by atoms with van der Waals surface area (Å²) in [5, 5.41) is 8.18. The lowest BCUT2D eigenvalue weighted by Gasteiger charge is -2.15. The van der Waals surface area contributed by atoms with Crippen LogP contribution in [0.3, 0.4) is 0 Å². The highest BCUT2D eigenvalue weighted by molar-refractivity contribution is 8.00. The molecule has 0 saturated heterocycles. The first-order chi connectivity index (χ1) is 14.0. The standard InChI is InChI=1S/C21H18F2N4OS/c1-3-29-26-16-6-8-19(28-20-7-5-15(22)10-18(20)23)17(11-16)14-4-9-21-25-24-13(2)27(21)12-14/h4-12,26H,3H2,1-2H3. The Bertz CT molecular complexity index is 1180. The summed E-state index contributed by atoms with van der Waals surface area (Å²) in [4.78, 5) is 0. The van der Waals surface area contributed by atoms with E-state index in [1.54, 1.807) is 18.0 Å². The zero-order valence-electron chi connectivity index (χ0n) is 15.8. The van der Waals surface area contributed by atoms with Gasteiger partial charge in [0.2, 0.25) is 0 Å². The molecule has 0 aliphatic heterocycles. The van der Waals surface area contributed by atoms with Gasteiger partial charge in [0.15, 0.2) is 17.2 Å². The highest BCUT2D eigenvalue weighted by Crippen LogP contribution is 2.37. The molecule has 0 amide bonds. The largest absolute Gasteiger partial charge is 0.454 e. The number of pyridine rings is 1. The number of benzene rings is 2. The van der Waals surface area contributed by atoms with Gasteiger partial charge in [-0.15, -0.1) is 10.2 Å². The van der Waals surface area contributed by atoms with Gasteiger partial charge in [0.1, 0.15) is 17.4 Å². The summed E-state index contributed by atoms with van der Waals surface area (Å²) in [6, 6.07) is 12.6. The van der Waals surface area contributed by atoms with Gasteiger partial charge in [-0.2, -0.15) is 0 Å². The van der Waals surface area contributed by atoms with Crippen molar-refractivity contribution in [2.45, 2.75) is 13.8 Å². The fourth-order valence-electron chi connectivity index (χ4n) is 2.90. The third-order valence-electron chi connectivity index (χ3n) is 4.31. The number of ether oxygens (including phenoxy) is 1. The molecule has 0 aliphatic carbocycles. The van der Waals surface area contributed by atoms with E-state index in [1.807, 2.05) is 41.8 Å². The molecule has 0 bridgehead atoms. The van der Waals surface area contributed by atoms with Gasteiger partial charge in [-0.3, -0.25) is 4.40 Å². The van der Waals surface area contributed by atoms with E-state index in [0.717, 1.165) is 40.1 Å². The van der Waals surface area contributed by atoms with Crippen molar-refractivity contribution >= 4 is 23.3 Å². The minimum atomic E-state index is -0.759. The van der Waals surface area contributed by atoms with Crippen LogP contribution in [0.4, 0.5) is 14.5 Å². The smallest absolute Gasteiger partial charge is 0.168 e. The molecule has 0 radical (unpaired) electrons. The summed E-state index contributed by atoms with van der Waals surface area (Å²) < 4.78 is 38.3. The summed E-state index contributed by atoms with van der Waals surface area (Å²) in [6.45, 7) is 3.92. The van der Waals surface area contributed by atoms with Crippen LogP contribution < -0.4 is 9.46 Å². The predicted molar refractivity (Wildman–Crippen MR) is 111 cm³/mol. The molecule has 0 aliphatic rings. The number of hydrogen-bond acceptors (Lipinski definition) is 5. The van der Waals surface area contributed by atoms with Crippen LogP contribution >= 0.6 is 11.9 Å². The highest BCUT2D eigenvalue weighted by Gasteiger charge is 2.14. The van der Waals surface area contributed by atoms with E-state index in [2.05, 4.69) is 21.8 Å². The van der Waals surface area contributed by atoms with E-state index in [4.69, 9.17) is 4.74 Å². The molecule has 4 aromatic rings. The summed E-state index contributed by atoms with van der Waals surface area (Å²) in [6.07, 6.45) is 1.91. The lowest BCUT2D eigenvalue weighted by molar-refractivity contribution is 0.439. The maximum Gasteiger partial charge on any atom is 0.168 e. The average molecular weight is 412 g/mol. The molecule has 1 N–H and O–H groups in total. The number of halogens is 2. The van der Waals surface area contributed by atoms with Gasteiger partial charge in [-0.1, -0.05) is 18.9 Å². The number of rotatable bonds is 6. The molecule has 2 aromatic heterocycles. The van der Waals surface area contributed by atoms with Crippen molar-refractivity contribution in [1.82, 2.24) is 14.6 Å². The number of hydrogen-bond donors (Lipinski definition) is 1. The summed E-state index contributed by atoms with van der Waals surface area (Å²) >= 11 is 1.57.